The Hall–Kier alpha value is -2.01. The molecule has 116 valence electrons. The van der Waals surface area contributed by atoms with E-state index in [1.54, 1.807) is 25.3 Å². The van der Waals surface area contributed by atoms with Gasteiger partial charge in [0.1, 0.15) is 11.6 Å². The molecule has 0 unspecified atom stereocenters. The van der Waals surface area contributed by atoms with Crippen LogP contribution in [0.15, 0.2) is 53.4 Å². The van der Waals surface area contributed by atoms with Gasteiger partial charge in [-0.3, -0.25) is 4.79 Å². The molecule has 0 spiro atoms. The number of carbonyl (C=O) groups is 1. The van der Waals surface area contributed by atoms with E-state index in [0.29, 0.717) is 12.2 Å². The number of methoxy groups -OCH3 is 1. The van der Waals surface area contributed by atoms with E-state index in [0.717, 1.165) is 10.6 Å². The van der Waals surface area contributed by atoms with Crippen molar-refractivity contribution in [3.8, 4) is 5.75 Å². The van der Waals surface area contributed by atoms with Crippen LogP contribution in [0.5, 0.6) is 5.75 Å². The van der Waals surface area contributed by atoms with Crippen molar-refractivity contribution in [1.29, 1.82) is 0 Å². The first-order valence-electron chi connectivity index (χ1n) is 6.97. The summed E-state index contributed by atoms with van der Waals surface area (Å²) in [6.45, 7) is 2.26. The van der Waals surface area contributed by atoms with Crippen LogP contribution in [0.4, 0.5) is 10.1 Å². The Morgan fingerprint density at radius 2 is 2.00 bits per heavy atom. The Morgan fingerprint density at radius 3 is 2.68 bits per heavy atom. The molecule has 0 aromatic heterocycles. The first-order valence-corrected chi connectivity index (χ1v) is 7.96. The molecule has 0 heterocycles. The number of hydrogen-bond acceptors (Lipinski definition) is 3. The van der Waals surface area contributed by atoms with Gasteiger partial charge in [0.05, 0.1) is 18.6 Å². The van der Waals surface area contributed by atoms with Crippen molar-refractivity contribution in [2.24, 2.45) is 0 Å². The molecule has 2 rings (SSSR count). The normalized spacial score (nSPS) is 10.3. The highest BCUT2D eigenvalue weighted by molar-refractivity contribution is 8.00. The van der Waals surface area contributed by atoms with Crippen molar-refractivity contribution in [3.05, 3.63) is 54.3 Å². The summed E-state index contributed by atoms with van der Waals surface area (Å²) < 4.78 is 19.0. The minimum absolute atomic E-state index is 0.125. The zero-order valence-electron chi connectivity index (χ0n) is 12.6. The van der Waals surface area contributed by atoms with Crippen molar-refractivity contribution in [2.45, 2.75) is 11.8 Å². The highest BCUT2D eigenvalue weighted by Gasteiger charge is 2.17. The number of benzene rings is 2. The molecule has 0 bridgehead atoms. The smallest absolute Gasteiger partial charge is 0.237 e. The highest BCUT2D eigenvalue weighted by Crippen LogP contribution is 2.25. The van der Waals surface area contributed by atoms with E-state index in [4.69, 9.17) is 4.74 Å². The molecule has 0 aliphatic heterocycles. The van der Waals surface area contributed by atoms with E-state index >= 15 is 0 Å². The molecule has 3 nitrogen and oxygen atoms in total. The summed E-state index contributed by atoms with van der Waals surface area (Å²) in [4.78, 5) is 14.8. The fourth-order valence-corrected chi connectivity index (χ4v) is 2.89. The number of halogens is 1. The zero-order chi connectivity index (χ0) is 15.9. The lowest BCUT2D eigenvalue weighted by Gasteiger charge is -2.21. The van der Waals surface area contributed by atoms with E-state index in [-0.39, 0.29) is 17.5 Å². The highest BCUT2D eigenvalue weighted by atomic mass is 32.2. The van der Waals surface area contributed by atoms with Crippen LogP contribution in [-0.4, -0.2) is 25.3 Å². The van der Waals surface area contributed by atoms with Gasteiger partial charge in [-0.2, -0.15) is 0 Å². The van der Waals surface area contributed by atoms with E-state index in [2.05, 4.69) is 0 Å². The number of amides is 1. The van der Waals surface area contributed by atoms with Crippen LogP contribution >= 0.6 is 11.8 Å². The Bertz CT molecular complexity index is 648. The van der Waals surface area contributed by atoms with Gasteiger partial charge in [-0.25, -0.2) is 4.39 Å². The van der Waals surface area contributed by atoms with Gasteiger partial charge in [-0.15, -0.1) is 11.8 Å². The molecule has 0 saturated heterocycles. The topological polar surface area (TPSA) is 29.5 Å². The molecule has 0 atom stereocenters. The number of nitrogens with zero attached hydrogens (tertiary/aromatic N) is 1. The van der Waals surface area contributed by atoms with Crippen molar-refractivity contribution in [1.82, 2.24) is 0 Å². The summed E-state index contributed by atoms with van der Waals surface area (Å²) in [6, 6.07) is 13.8. The fourth-order valence-electron chi connectivity index (χ4n) is 2.07. The minimum Gasteiger partial charge on any atom is -0.497 e. The third-order valence-electron chi connectivity index (χ3n) is 3.16. The number of thioether (sulfide) groups is 1. The van der Waals surface area contributed by atoms with Crippen LogP contribution in [-0.2, 0) is 4.79 Å². The predicted molar refractivity (Wildman–Crippen MR) is 88.1 cm³/mol. The summed E-state index contributed by atoms with van der Waals surface area (Å²) in [5, 5.41) is 0. The van der Waals surface area contributed by atoms with Crippen molar-refractivity contribution >= 4 is 23.4 Å². The summed E-state index contributed by atoms with van der Waals surface area (Å²) in [5.41, 5.74) is 0.321. The quantitative estimate of drug-likeness (QED) is 0.754. The maximum atomic E-state index is 13.8. The summed E-state index contributed by atoms with van der Waals surface area (Å²) in [5.74, 6) is 0.485. The van der Waals surface area contributed by atoms with Gasteiger partial charge in [0.25, 0.3) is 0 Å². The third kappa shape index (κ3) is 4.01. The molecule has 5 heteroatoms. The van der Waals surface area contributed by atoms with Crippen LogP contribution in [0, 0.1) is 5.82 Å². The maximum absolute atomic E-state index is 13.8. The van der Waals surface area contributed by atoms with Gasteiger partial charge in [-0.05, 0) is 37.3 Å². The number of anilines is 1. The molecule has 0 fully saturated rings. The Labute approximate surface area is 134 Å². The molecule has 2 aromatic carbocycles. The Balaban J connectivity index is 2.05. The van der Waals surface area contributed by atoms with E-state index in [1.807, 2.05) is 31.2 Å². The van der Waals surface area contributed by atoms with E-state index < -0.39 is 0 Å². The molecule has 0 saturated carbocycles. The molecular weight excluding hydrogens is 301 g/mol. The molecule has 2 aromatic rings. The molecule has 0 N–H and O–H groups in total. The predicted octanol–water partition coefficient (Wildman–Crippen LogP) is 3.98. The van der Waals surface area contributed by atoms with Crippen LogP contribution in [0.25, 0.3) is 0 Å². The van der Waals surface area contributed by atoms with Gasteiger partial charge >= 0.3 is 0 Å². The first kappa shape index (κ1) is 16.4. The van der Waals surface area contributed by atoms with Gasteiger partial charge < -0.3 is 9.64 Å². The van der Waals surface area contributed by atoms with Crippen LogP contribution < -0.4 is 9.64 Å². The largest absolute Gasteiger partial charge is 0.497 e. The second-order valence-corrected chi connectivity index (χ2v) is 5.61. The molecular formula is C17H18FNO2S. The van der Waals surface area contributed by atoms with Crippen LogP contribution in [0.2, 0.25) is 0 Å². The van der Waals surface area contributed by atoms with Gasteiger partial charge in [0.2, 0.25) is 5.91 Å². The van der Waals surface area contributed by atoms with E-state index in [1.165, 1.54) is 22.7 Å². The van der Waals surface area contributed by atoms with Gasteiger partial charge in [0.15, 0.2) is 0 Å². The molecule has 1 amide bonds. The van der Waals surface area contributed by atoms with Crippen molar-refractivity contribution in [3.63, 3.8) is 0 Å². The number of carbonyl (C=O) groups excluding carboxylic acids is 1. The number of hydrogen-bond donors (Lipinski definition) is 0. The third-order valence-corrected chi connectivity index (χ3v) is 4.14. The molecule has 0 aliphatic carbocycles. The van der Waals surface area contributed by atoms with Crippen molar-refractivity contribution < 1.29 is 13.9 Å². The van der Waals surface area contributed by atoms with Crippen LogP contribution in [0.3, 0.4) is 0 Å². The Kier molecular flexibility index (Phi) is 5.83. The van der Waals surface area contributed by atoms with Gasteiger partial charge in [-0.1, -0.05) is 18.2 Å². The van der Waals surface area contributed by atoms with Crippen LogP contribution in [0.1, 0.15) is 6.92 Å². The molecule has 0 aliphatic rings. The number of ether oxygens (including phenoxy) is 1. The van der Waals surface area contributed by atoms with E-state index in [9.17, 15) is 9.18 Å². The Morgan fingerprint density at radius 1 is 1.23 bits per heavy atom. The minimum atomic E-state index is -0.385. The lowest BCUT2D eigenvalue weighted by atomic mass is 10.2. The molecule has 0 radical (unpaired) electrons. The second kappa shape index (κ2) is 7.84. The number of para-hydroxylation sites is 1. The number of rotatable bonds is 6. The fraction of sp³-hybridized carbons (Fsp3) is 0.235. The average molecular weight is 319 g/mol. The lowest BCUT2D eigenvalue weighted by Crippen LogP contribution is -2.32. The summed E-state index contributed by atoms with van der Waals surface area (Å²) in [7, 11) is 1.60. The second-order valence-electron chi connectivity index (χ2n) is 4.56. The molecule has 22 heavy (non-hydrogen) atoms. The van der Waals surface area contributed by atoms with Gasteiger partial charge in [0, 0.05) is 11.4 Å². The standard InChI is InChI=1S/C17H18FNO2S/c1-3-19(16-10-5-4-9-15(16)18)17(20)12-22-14-8-6-7-13(11-14)21-2/h4-11H,3,12H2,1-2H3. The SMILES string of the molecule is CCN(C(=O)CSc1cccc(OC)c1)c1ccccc1F. The van der Waals surface area contributed by atoms with Crippen molar-refractivity contribution in [2.75, 3.05) is 24.3 Å². The summed E-state index contributed by atoms with van der Waals surface area (Å²) >= 11 is 1.41. The monoisotopic (exact) mass is 319 g/mol. The first-order chi connectivity index (χ1) is 10.7. The zero-order valence-corrected chi connectivity index (χ0v) is 13.4. The summed E-state index contributed by atoms with van der Waals surface area (Å²) in [6.07, 6.45) is 0. The lowest BCUT2D eigenvalue weighted by molar-refractivity contribution is -0.116. The average Bonchev–Trinajstić information content (AvgIpc) is 2.55. The maximum Gasteiger partial charge on any atom is 0.237 e.